The summed E-state index contributed by atoms with van der Waals surface area (Å²) in [6.45, 7) is 3.89. The molecule has 5 N–H and O–H groups in total. The number of rotatable bonds is 36. The summed E-state index contributed by atoms with van der Waals surface area (Å²) in [5.41, 5.74) is -1.95. The van der Waals surface area contributed by atoms with Gasteiger partial charge in [-0.2, -0.15) is 36.0 Å². The van der Waals surface area contributed by atoms with Crippen LogP contribution >= 0.6 is 103 Å². The van der Waals surface area contributed by atoms with E-state index in [0.29, 0.717) is 25.3 Å². The maximum Gasteiger partial charge on any atom is 0.345 e. The minimum atomic E-state index is -3.18. The predicted octanol–water partition coefficient (Wildman–Crippen LogP) is 14.7. The highest BCUT2D eigenvalue weighted by molar-refractivity contribution is 8.26. The van der Waals surface area contributed by atoms with E-state index >= 15 is 14.4 Å². The van der Waals surface area contributed by atoms with Crippen LogP contribution in [0.3, 0.4) is 0 Å². The number of pyridine rings is 3. The molecule has 645 valence electrons. The molecule has 25 nitrogen and oxygen atoms in total. The number of carbonyl (C=O) groups excluding carboxylic acids is 2. The van der Waals surface area contributed by atoms with Crippen molar-refractivity contribution in [3.05, 3.63) is 279 Å². The molecular weight excluding hydrogens is 1740 g/mol. The van der Waals surface area contributed by atoms with Gasteiger partial charge in [-0.15, -0.1) is 11.3 Å². The number of thiophene rings is 1. The third kappa shape index (κ3) is 19.6. The van der Waals surface area contributed by atoms with Crippen molar-refractivity contribution >= 4 is 127 Å². The van der Waals surface area contributed by atoms with Gasteiger partial charge in [-0.25, -0.2) is 19.2 Å². The largest absolute Gasteiger partial charge is 0.619 e. The van der Waals surface area contributed by atoms with E-state index in [2.05, 4.69) is 27.4 Å². The number of allylic oxidation sites excluding steroid dienone is 4. The first-order chi connectivity index (χ1) is 57.9. The maximum atomic E-state index is 15.9. The van der Waals surface area contributed by atoms with Crippen molar-refractivity contribution in [1.82, 2.24) is 20.4 Å². The zero-order valence-electron chi connectivity index (χ0n) is 67.6. The first-order valence-corrected chi connectivity index (χ1v) is 44.4. The lowest BCUT2D eigenvalue weighted by Gasteiger charge is -2.59. The van der Waals surface area contributed by atoms with Gasteiger partial charge in [0.15, 0.2) is 71.7 Å². The van der Waals surface area contributed by atoms with Gasteiger partial charge in [-0.05, 0) is 170 Å². The molecule has 0 aliphatic carbocycles. The van der Waals surface area contributed by atoms with Crippen LogP contribution in [0.2, 0.25) is 30.1 Å². The molecule has 2 fully saturated rings. The smallest absolute Gasteiger partial charge is 0.345 e. The number of nitrogens with one attached hydrogen (secondary N) is 2. The standard InChI is InChI=1S/C87H94Cl6N7O18S3/c1-85(29-33-97(3)34-30-85)50-118-83(105)79(52-14-11-10-12-15-52)95-41-57-21-26-73(82(103)104)121(57)87(78-64(92)46-100(110)47-65(78)93,76(54-18-23-67(112-5)70(37-54)115-8)58(39-59-60(88)42-98(108)43-61(59)89)53-17-22-66(111-4)69(36-53)114-7)77(55-19-24-68(113-6)71(38-55)116-9)80(75-62(90)44-99(109)45-63(75)91)120-56(20-25-72(120)81(101)102)40-94-49-86(107,74-16-13-35-119-74)84(106)117-48-51-27-31-96(2)32-28-51/h10-26,35-38,42-47,51,58,77,79-80,94-95,107,120-121H,27-34,39-41,48-50H2,1-9H3,(H,101,102)(H,103,104)/t58?,77-,79?,80?,86?,87?/m0/s1. The Balaban J connectivity index is 1.26. The van der Waals surface area contributed by atoms with E-state index in [-0.39, 0.29) is 138 Å². The molecule has 1 radical (unpaired) electrons. The van der Waals surface area contributed by atoms with Crippen molar-refractivity contribution in [2.24, 2.45) is 11.3 Å². The summed E-state index contributed by atoms with van der Waals surface area (Å²) < 4.78 is 48.0. The van der Waals surface area contributed by atoms with E-state index in [9.17, 15) is 35.7 Å². The Morgan fingerprint density at radius 3 is 1.69 bits per heavy atom. The van der Waals surface area contributed by atoms with Crippen LogP contribution in [-0.2, 0) is 45.4 Å². The molecule has 0 spiro atoms. The molecule has 121 heavy (non-hydrogen) atoms. The molecule has 12 rings (SSSR count). The number of nitrogens with zero attached hydrogens (tertiary/aromatic N) is 5. The van der Waals surface area contributed by atoms with Crippen molar-refractivity contribution in [3.63, 3.8) is 0 Å². The Labute approximate surface area is 741 Å². The molecule has 0 saturated carbocycles. The zero-order valence-corrected chi connectivity index (χ0v) is 74.8. The van der Waals surface area contributed by atoms with Crippen molar-refractivity contribution in [3.8, 4) is 34.5 Å². The summed E-state index contributed by atoms with van der Waals surface area (Å²) in [6, 6.07) is 25.5. The third-order valence-corrected chi connectivity index (χ3v) is 31.7. The summed E-state index contributed by atoms with van der Waals surface area (Å²) in [5.74, 6) is -7.07. The number of ether oxygens (including phenoxy) is 8. The minimum absolute atomic E-state index is 0.00221. The number of halogens is 6. The third-order valence-electron chi connectivity index (χ3n) is 22.8. The second-order valence-corrected chi connectivity index (χ2v) is 38.5. The number of thiol groups is 2. The lowest BCUT2D eigenvalue weighted by Crippen LogP contribution is -2.48. The molecule has 8 heterocycles. The number of aromatic nitrogens is 3. The number of carbonyl (C=O) groups is 4. The van der Waals surface area contributed by atoms with Gasteiger partial charge < -0.3 is 84.0 Å². The minimum Gasteiger partial charge on any atom is -0.619 e. The highest BCUT2D eigenvalue weighted by Crippen LogP contribution is 2.80. The highest BCUT2D eigenvalue weighted by atomic mass is 35.5. The number of likely N-dealkylation sites (tertiary alicyclic amines) is 2. The van der Waals surface area contributed by atoms with Crippen LogP contribution in [0.1, 0.15) is 99.6 Å². The van der Waals surface area contributed by atoms with Gasteiger partial charge in [-0.3, -0.25) is 5.32 Å². The van der Waals surface area contributed by atoms with Crippen molar-refractivity contribution < 1.29 is 86.6 Å². The lowest BCUT2D eigenvalue weighted by molar-refractivity contribution is -0.605. The topological polar surface area (TPSA) is 314 Å². The second-order valence-electron chi connectivity index (χ2n) is 30.3. The number of methoxy groups -OCH3 is 6. The summed E-state index contributed by atoms with van der Waals surface area (Å²) >= 11 is 48.4. The highest BCUT2D eigenvalue weighted by Gasteiger charge is 2.64. The van der Waals surface area contributed by atoms with Crippen LogP contribution in [0.25, 0.3) is 0 Å². The normalized spacial score (nSPS) is 18.9. The molecule has 7 unspecified atom stereocenters. The van der Waals surface area contributed by atoms with Gasteiger partial charge in [0.05, 0.1) is 70.4 Å². The number of piperidine rings is 2. The van der Waals surface area contributed by atoms with Crippen molar-refractivity contribution in [2.45, 2.75) is 72.5 Å². The fourth-order valence-corrected chi connectivity index (χ4v) is 26.5. The van der Waals surface area contributed by atoms with Crippen LogP contribution in [0.5, 0.6) is 34.5 Å². The Morgan fingerprint density at radius 1 is 0.603 bits per heavy atom. The van der Waals surface area contributed by atoms with Gasteiger partial charge in [0, 0.05) is 69.6 Å². The summed E-state index contributed by atoms with van der Waals surface area (Å²) in [4.78, 5) is 66.0. The SMILES string of the molecule is COc1ccc([C](C(Cc2c(Cl)c[n+]([O-])cc2Cl)c2ccc(OC)c(OC)c2)C(c2c(Cl)c[n+]([O-])cc2Cl)([C@@H](c2ccc(OC)c(OC)c2)C(c2c(Cl)c[n+]([O-])cc2Cl)[SH]2C(CNCC(O)(C(=O)OCC3CCN(C)CC3)c3cccs3)=CC=C2C(=O)O)[SH]2C(CNC(C(=O)OCC3(C)CCN(C)CC3)c3ccccc3)=CC=C2C(=O)O)cc1OC. The number of carboxylic acid groups (broad SMARTS) is 2. The molecule has 0 bridgehead atoms. The summed E-state index contributed by atoms with van der Waals surface area (Å²) in [6.07, 6.45) is 14.9. The monoisotopic (exact) mass is 1830 g/mol. The number of esters is 2. The molecule has 2 saturated heterocycles. The summed E-state index contributed by atoms with van der Waals surface area (Å²) in [7, 11) is 6.47. The van der Waals surface area contributed by atoms with Gasteiger partial charge in [0.2, 0.25) is 5.60 Å². The van der Waals surface area contributed by atoms with E-state index in [1.165, 1.54) is 54.8 Å². The molecule has 4 aliphatic rings. The van der Waals surface area contributed by atoms with E-state index < -0.39 is 114 Å². The van der Waals surface area contributed by atoms with Crippen LogP contribution < -0.4 is 53.2 Å². The Hall–Kier alpha value is -8.69. The molecule has 8 atom stereocenters. The van der Waals surface area contributed by atoms with E-state index in [1.807, 2.05) is 14.1 Å². The van der Waals surface area contributed by atoms with Gasteiger partial charge >= 0.3 is 23.9 Å². The van der Waals surface area contributed by atoms with E-state index in [4.69, 9.17) is 108 Å². The number of aliphatic carboxylic acids is 2. The maximum absolute atomic E-state index is 15.9. The molecule has 34 heteroatoms. The Kier molecular flexibility index (Phi) is 30.2. The number of aliphatic hydroxyl groups is 1. The number of hydrogen-bond acceptors (Lipinski definition) is 21. The fraction of sp³-hybridized carbons (Fsp3) is 0.356. The first-order valence-electron chi connectivity index (χ1n) is 38.5. The van der Waals surface area contributed by atoms with Crippen LogP contribution in [0, 0.1) is 32.9 Å². The van der Waals surface area contributed by atoms with Gasteiger partial charge in [-0.1, -0.05) is 143 Å². The summed E-state index contributed by atoms with van der Waals surface area (Å²) in [5, 5.41) is 86.2. The average molecular weight is 1830 g/mol. The Morgan fingerprint density at radius 2 is 1.12 bits per heavy atom. The first kappa shape index (κ1) is 91.5. The fourth-order valence-electron chi connectivity index (χ4n) is 16.6. The molecule has 4 aromatic carbocycles. The van der Waals surface area contributed by atoms with Crippen LogP contribution in [-0.4, -0.2) is 165 Å². The molecule has 0 amide bonds. The van der Waals surface area contributed by atoms with Crippen LogP contribution in [0.4, 0.5) is 0 Å². The average Bonchev–Trinajstić information content (AvgIpc) is 1.68. The number of hydrogen-bond donors (Lipinski definition) is 7. The van der Waals surface area contributed by atoms with Gasteiger partial charge in [0.1, 0.15) is 36.2 Å². The van der Waals surface area contributed by atoms with Crippen molar-refractivity contribution in [1.29, 1.82) is 0 Å². The zero-order chi connectivity index (χ0) is 86.9. The molecular formula is C87H94Cl6N7O18S3. The molecule has 4 aromatic heterocycles. The van der Waals surface area contributed by atoms with Crippen molar-refractivity contribution in [2.75, 3.05) is 116 Å². The number of benzene rings is 4. The number of carboxylic acids is 2. The predicted molar refractivity (Wildman–Crippen MR) is 472 cm³/mol. The lowest BCUT2D eigenvalue weighted by atomic mass is 9.62. The second kappa shape index (κ2) is 39.9. The van der Waals surface area contributed by atoms with E-state index in [0.717, 1.165) is 100 Å². The molecule has 4 aliphatic heterocycles. The van der Waals surface area contributed by atoms with Gasteiger partial charge in [0.25, 0.3) is 0 Å². The van der Waals surface area contributed by atoms with Crippen LogP contribution in [0.15, 0.2) is 184 Å². The Bertz CT molecular complexity index is 5200. The quantitative estimate of drug-likeness (QED) is 0.00830. The van der Waals surface area contributed by atoms with E-state index in [1.54, 1.807) is 115 Å². The molecule has 8 aromatic rings.